The average Bonchev–Trinajstić information content (AvgIpc) is 2.85. The zero-order valence-corrected chi connectivity index (χ0v) is 21.5. The Kier molecular flexibility index (Phi) is 14.2. The van der Waals surface area contributed by atoms with Crippen LogP contribution < -0.4 is 0 Å². The molecule has 5 heterocycles. The number of hydrogen-bond acceptors (Lipinski definition) is 10. The van der Waals surface area contributed by atoms with Crippen molar-refractivity contribution in [2.24, 2.45) is 0 Å². The first kappa shape index (κ1) is 28.2. The van der Waals surface area contributed by atoms with Crippen LogP contribution in [0.15, 0.2) is 24.3 Å². The van der Waals surface area contributed by atoms with Gasteiger partial charge in [0.25, 0.3) is 0 Å². The second-order valence-corrected chi connectivity index (χ2v) is 8.80. The highest BCUT2D eigenvalue weighted by molar-refractivity contribution is 7.80. The van der Waals surface area contributed by atoms with Crippen LogP contribution in [0.4, 0.5) is 0 Å². The molecule has 1 saturated heterocycles. The van der Waals surface area contributed by atoms with E-state index in [0.29, 0.717) is 90.8 Å². The maximum atomic E-state index is 6.08. The van der Waals surface area contributed by atoms with Gasteiger partial charge in [0.2, 0.25) is 0 Å². The van der Waals surface area contributed by atoms with Crippen LogP contribution in [-0.2, 0) is 51.1 Å². The highest BCUT2D eigenvalue weighted by atomic mass is 32.1. The number of ether oxygens (including phenoxy) is 8. The molecule has 6 rings (SSSR count). The Labute approximate surface area is 213 Å². The highest BCUT2D eigenvalue weighted by Crippen LogP contribution is 2.14. The summed E-state index contributed by atoms with van der Waals surface area (Å²) in [5.41, 5.74) is 2.16. The molecule has 34 heavy (non-hydrogen) atoms. The molecule has 4 atom stereocenters. The van der Waals surface area contributed by atoms with Crippen molar-refractivity contribution in [1.29, 1.82) is 0 Å². The van der Waals surface area contributed by atoms with Gasteiger partial charge in [-0.25, -0.2) is 0 Å². The van der Waals surface area contributed by atoms with Gasteiger partial charge < -0.3 is 37.9 Å². The minimum Gasteiger partial charge on any atom is -0.377 e. The van der Waals surface area contributed by atoms with Crippen molar-refractivity contribution in [1.82, 2.24) is 0 Å². The van der Waals surface area contributed by atoms with Crippen LogP contribution in [0.25, 0.3) is 0 Å². The first-order valence-electron chi connectivity index (χ1n) is 11.9. The molecule has 8 nitrogen and oxygen atoms in total. The predicted octanol–water partition coefficient (Wildman–Crippen LogP) is 2.18. The number of hydrogen-bond donors (Lipinski definition) is 2. The van der Waals surface area contributed by atoms with E-state index in [4.69, 9.17) is 37.9 Å². The lowest BCUT2D eigenvalue weighted by Gasteiger charge is -2.28. The summed E-state index contributed by atoms with van der Waals surface area (Å²) in [6.45, 7) is 5.22. The van der Waals surface area contributed by atoms with Crippen molar-refractivity contribution in [3.63, 3.8) is 0 Å². The third-order valence-corrected chi connectivity index (χ3v) is 6.27. The Morgan fingerprint density at radius 3 is 1.29 bits per heavy atom. The van der Waals surface area contributed by atoms with Gasteiger partial charge in [-0.05, 0) is 11.1 Å². The molecule has 1 aromatic rings. The first-order valence-corrected chi connectivity index (χ1v) is 13.1. The van der Waals surface area contributed by atoms with Crippen molar-refractivity contribution < 1.29 is 37.9 Å². The summed E-state index contributed by atoms with van der Waals surface area (Å²) < 4.78 is 47.6. The van der Waals surface area contributed by atoms with Crippen LogP contribution in [0.2, 0.25) is 0 Å². The third-order valence-electron chi connectivity index (χ3n) is 5.55. The molecule has 0 spiro atoms. The van der Waals surface area contributed by atoms with Gasteiger partial charge in [-0.15, -0.1) is 0 Å². The van der Waals surface area contributed by atoms with Crippen LogP contribution in [0, 0.1) is 0 Å². The van der Waals surface area contributed by atoms with Crippen LogP contribution in [0.5, 0.6) is 0 Å². The Balaban J connectivity index is 1.75. The molecule has 1 fully saturated rings. The Morgan fingerprint density at radius 1 is 0.529 bits per heavy atom. The molecule has 5 aliphatic heterocycles. The monoisotopic (exact) mass is 518 g/mol. The fourth-order valence-electron chi connectivity index (χ4n) is 3.64. The molecule has 0 amide bonds. The molecule has 0 unspecified atom stereocenters. The number of thiol groups is 2. The molecule has 5 aliphatic rings. The fraction of sp³-hybridized carbons (Fsp3) is 0.750. The molecule has 1 aromatic carbocycles. The van der Waals surface area contributed by atoms with Gasteiger partial charge >= 0.3 is 0 Å². The van der Waals surface area contributed by atoms with Gasteiger partial charge in [0.05, 0.1) is 91.5 Å². The second kappa shape index (κ2) is 17.1. The van der Waals surface area contributed by atoms with E-state index in [9.17, 15) is 0 Å². The van der Waals surface area contributed by atoms with E-state index >= 15 is 0 Å². The lowest BCUT2D eigenvalue weighted by molar-refractivity contribution is -0.130. The predicted molar refractivity (Wildman–Crippen MR) is 134 cm³/mol. The highest BCUT2D eigenvalue weighted by Gasteiger charge is 2.24. The second-order valence-electron chi connectivity index (χ2n) is 8.07. The third kappa shape index (κ3) is 10.3. The van der Waals surface area contributed by atoms with E-state index in [1.54, 1.807) is 0 Å². The van der Waals surface area contributed by atoms with Gasteiger partial charge in [-0.1, -0.05) is 24.3 Å². The van der Waals surface area contributed by atoms with Gasteiger partial charge in [0, 0.05) is 11.5 Å². The van der Waals surface area contributed by atoms with Crippen molar-refractivity contribution >= 4 is 25.3 Å². The van der Waals surface area contributed by atoms with Gasteiger partial charge in [0.15, 0.2) is 0 Å². The van der Waals surface area contributed by atoms with Crippen molar-refractivity contribution in [3.8, 4) is 0 Å². The maximum absolute atomic E-state index is 6.08. The van der Waals surface area contributed by atoms with Crippen LogP contribution in [-0.4, -0.2) is 102 Å². The number of rotatable bonds is 2. The molecular weight excluding hydrogens is 480 g/mol. The van der Waals surface area contributed by atoms with Crippen molar-refractivity contribution in [2.45, 2.75) is 37.6 Å². The minimum absolute atomic E-state index is 0.226. The summed E-state index contributed by atoms with van der Waals surface area (Å²) in [4.78, 5) is 0. The van der Waals surface area contributed by atoms with E-state index in [1.165, 1.54) is 0 Å². The van der Waals surface area contributed by atoms with Gasteiger partial charge in [0.1, 0.15) is 12.2 Å². The molecule has 10 heteroatoms. The summed E-state index contributed by atoms with van der Waals surface area (Å²) >= 11 is 8.95. The molecule has 0 radical (unpaired) electrons. The molecule has 0 aliphatic carbocycles. The normalized spacial score (nSPS) is 29.7. The quantitative estimate of drug-likeness (QED) is 0.578. The minimum atomic E-state index is -0.271. The van der Waals surface area contributed by atoms with E-state index in [2.05, 4.69) is 49.5 Å². The fourth-order valence-corrected chi connectivity index (χ4v) is 4.32. The summed E-state index contributed by atoms with van der Waals surface area (Å²) in [5, 5.41) is 0. The van der Waals surface area contributed by atoms with E-state index < -0.39 is 0 Å². The van der Waals surface area contributed by atoms with E-state index in [1.807, 2.05) is 0 Å². The average molecular weight is 519 g/mol. The van der Waals surface area contributed by atoms with E-state index in [-0.39, 0.29) is 24.4 Å². The topological polar surface area (TPSA) is 73.8 Å². The summed E-state index contributed by atoms with van der Waals surface area (Å²) in [6.07, 6.45) is -0.994. The Hall–Kier alpha value is -0.400. The van der Waals surface area contributed by atoms with E-state index in [0.717, 1.165) is 11.1 Å². The molecular formula is C24H38O8S2. The SMILES string of the molecule is SC[C@@H]1OCCOCCO[C@H]2COCc3ccc(cc3)COC[C@@H]1OCCOCCO[C@H]2CS. The standard InChI is InChI=1S/C24H38O8S2/c33-17-23-21-15-27-13-19-1-2-20(4-3-19)14-28-16-22(30-10-6-26-7-11-31-23)24(18-34)32-12-8-25-5-9-29-21/h1-4,21-24,33-34H,5-18H2/t21-,22-,23-,24-/m0/s1. The van der Waals surface area contributed by atoms with Crippen molar-refractivity contribution in [3.05, 3.63) is 35.4 Å². The first-order chi connectivity index (χ1) is 16.8. The van der Waals surface area contributed by atoms with Crippen molar-refractivity contribution in [2.75, 3.05) is 77.6 Å². The van der Waals surface area contributed by atoms with Gasteiger partial charge in [-0.3, -0.25) is 0 Å². The zero-order valence-electron chi connectivity index (χ0n) is 19.7. The lowest BCUT2D eigenvalue weighted by Crippen LogP contribution is -2.39. The Morgan fingerprint density at radius 2 is 0.912 bits per heavy atom. The summed E-state index contributed by atoms with van der Waals surface area (Å²) in [5.74, 6) is 1.01. The largest absolute Gasteiger partial charge is 0.377 e. The molecule has 0 saturated carbocycles. The molecule has 0 aromatic heterocycles. The maximum Gasteiger partial charge on any atom is 0.108 e. The van der Waals surface area contributed by atoms with Crippen LogP contribution in [0.3, 0.4) is 0 Å². The lowest BCUT2D eigenvalue weighted by atomic mass is 10.1. The summed E-state index contributed by atoms with van der Waals surface area (Å²) in [6, 6.07) is 8.21. The Bertz CT molecular complexity index is 595. The number of benzene rings is 1. The van der Waals surface area contributed by atoms with Crippen LogP contribution in [0.1, 0.15) is 11.1 Å². The molecule has 194 valence electrons. The molecule has 4 bridgehead atoms. The van der Waals surface area contributed by atoms with Gasteiger partial charge in [-0.2, -0.15) is 25.3 Å². The molecule has 0 N–H and O–H groups in total. The zero-order chi connectivity index (χ0) is 23.8. The smallest absolute Gasteiger partial charge is 0.108 e. The van der Waals surface area contributed by atoms with Crippen LogP contribution >= 0.6 is 25.3 Å². The summed E-state index contributed by atoms with van der Waals surface area (Å²) in [7, 11) is 0.